The van der Waals surface area contributed by atoms with E-state index in [4.69, 9.17) is 0 Å². The first-order valence-corrected chi connectivity index (χ1v) is 9.51. The highest BCUT2D eigenvalue weighted by Gasteiger charge is 2.43. The first kappa shape index (κ1) is 16.6. The number of hydrogen-bond acceptors (Lipinski definition) is 2. The third kappa shape index (κ3) is 3.05. The Balaban J connectivity index is 1.55. The molecule has 2 amide bonds. The van der Waals surface area contributed by atoms with Gasteiger partial charge in [-0.3, -0.25) is 9.59 Å². The van der Waals surface area contributed by atoms with Crippen molar-refractivity contribution < 1.29 is 14.0 Å². The van der Waals surface area contributed by atoms with Crippen molar-refractivity contribution in [2.24, 2.45) is 5.41 Å². The van der Waals surface area contributed by atoms with Gasteiger partial charge >= 0.3 is 0 Å². The Morgan fingerprint density at radius 3 is 2.60 bits per heavy atom. The SMILES string of the molecule is O=C1CCc2cc(C(=O)NC3CCCCC34CCCC4)c(F)cc2N1. The maximum absolute atomic E-state index is 14.5. The molecule has 0 aromatic heterocycles. The molecule has 1 atom stereocenters. The molecule has 1 aromatic rings. The Hall–Kier alpha value is -1.91. The van der Waals surface area contributed by atoms with E-state index in [1.165, 1.54) is 44.6 Å². The van der Waals surface area contributed by atoms with E-state index in [-0.39, 0.29) is 28.8 Å². The fraction of sp³-hybridized carbons (Fsp3) is 0.600. The van der Waals surface area contributed by atoms with Gasteiger partial charge in [0.15, 0.2) is 0 Å². The van der Waals surface area contributed by atoms with Crippen LogP contribution in [0, 0.1) is 11.2 Å². The van der Waals surface area contributed by atoms with Crippen molar-refractivity contribution in [3.8, 4) is 0 Å². The topological polar surface area (TPSA) is 58.2 Å². The van der Waals surface area contributed by atoms with Crippen LogP contribution in [-0.4, -0.2) is 17.9 Å². The van der Waals surface area contributed by atoms with Gasteiger partial charge in [0, 0.05) is 18.2 Å². The average molecular weight is 344 g/mol. The summed E-state index contributed by atoms with van der Waals surface area (Å²) in [5, 5.41) is 5.84. The van der Waals surface area contributed by atoms with Crippen LogP contribution in [0.25, 0.3) is 0 Å². The van der Waals surface area contributed by atoms with Crippen molar-refractivity contribution in [1.29, 1.82) is 0 Å². The Morgan fingerprint density at radius 1 is 1.12 bits per heavy atom. The molecule has 2 fully saturated rings. The third-order valence-electron chi connectivity index (χ3n) is 6.39. The van der Waals surface area contributed by atoms with Gasteiger partial charge in [0.05, 0.1) is 5.56 Å². The molecule has 2 N–H and O–H groups in total. The number of fused-ring (bicyclic) bond motifs is 1. The number of rotatable bonds is 2. The number of halogens is 1. The first-order valence-electron chi connectivity index (χ1n) is 9.51. The van der Waals surface area contributed by atoms with Crippen molar-refractivity contribution in [3.05, 3.63) is 29.1 Å². The molecule has 134 valence electrons. The van der Waals surface area contributed by atoms with Crippen LogP contribution in [0.3, 0.4) is 0 Å². The van der Waals surface area contributed by atoms with Crippen LogP contribution >= 0.6 is 0 Å². The summed E-state index contributed by atoms with van der Waals surface area (Å²) < 4.78 is 14.5. The zero-order valence-electron chi connectivity index (χ0n) is 14.5. The molecule has 1 aliphatic heterocycles. The van der Waals surface area contributed by atoms with Gasteiger partial charge in [-0.15, -0.1) is 0 Å². The summed E-state index contributed by atoms with van der Waals surface area (Å²) in [6.07, 6.45) is 10.3. The zero-order chi connectivity index (χ0) is 17.4. The van der Waals surface area contributed by atoms with Gasteiger partial charge in [0.1, 0.15) is 5.82 Å². The predicted molar refractivity (Wildman–Crippen MR) is 94.0 cm³/mol. The number of anilines is 1. The number of carbonyl (C=O) groups is 2. The van der Waals surface area contributed by atoms with E-state index >= 15 is 0 Å². The minimum absolute atomic E-state index is 0.102. The molecule has 1 heterocycles. The Labute approximate surface area is 147 Å². The van der Waals surface area contributed by atoms with Crippen molar-refractivity contribution in [1.82, 2.24) is 5.32 Å². The lowest BCUT2D eigenvalue weighted by Crippen LogP contribution is -2.48. The molecule has 1 spiro atoms. The van der Waals surface area contributed by atoms with Crippen LogP contribution < -0.4 is 10.6 Å². The van der Waals surface area contributed by atoms with Crippen molar-refractivity contribution in [2.45, 2.75) is 70.3 Å². The summed E-state index contributed by atoms with van der Waals surface area (Å²) in [5.41, 5.74) is 1.67. The molecule has 2 saturated carbocycles. The van der Waals surface area contributed by atoms with Crippen LogP contribution in [0.1, 0.15) is 73.7 Å². The standard InChI is InChI=1S/C20H25FN2O2/c21-15-12-16-13(6-7-18(24)22-16)11-14(15)19(25)23-17-5-1-2-8-20(17)9-3-4-10-20/h11-12,17H,1-10H2,(H,22,24)(H,23,25). The van der Waals surface area contributed by atoms with E-state index in [1.807, 2.05) is 0 Å². The van der Waals surface area contributed by atoms with Crippen LogP contribution in [0.5, 0.6) is 0 Å². The molecule has 0 saturated heterocycles. The highest BCUT2D eigenvalue weighted by Crippen LogP contribution is 2.49. The molecule has 2 aliphatic carbocycles. The van der Waals surface area contributed by atoms with Crippen LogP contribution in [0.2, 0.25) is 0 Å². The lowest BCUT2D eigenvalue weighted by molar-refractivity contribution is -0.116. The van der Waals surface area contributed by atoms with E-state index in [0.29, 0.717) is 18.5 Å². The van der Waals surface area contributed by atoms with Crippen LogP contribution in [-0.2, 0) is 11.2 Å². The summed E-state index contributed by atoms with van der Waals surface area (Å²) in [7, 11) is 0. The first-order chi connectivity index (χ1) is 12.1. The normalized spacial score (nSPS) is 24.7. The summed E-state index contributed by atoms with van der Waals surface area (Å²) in [4.78, 5) is 24.2. The van der Waals surface area contributed by atoms with Gasteiger partial charge in [-0.05, 0) is 55.2 Å². The molecule has 0 radical (unpaired) electrons. The van der Waals surface area contributed by atoms with Crippen molar-refractivity contribution >= 4 is 17.5 Å². The molecule has 5 heteroatoms. The largest absolute Gasteiger partial charge is 0.349 e. The van der Waals surface area contributed by atoms with Gasteiger partial charge in [-0.1, -0.05) is 25.7 Å². The summed E-state index contributed by atoms with van der Waals surface area (Å²) >= 11 is 0. The predicted octanol–water partition coefficient (Wildman–Crippen LogP) is 3.94. The van der Waals surface area contributed by atoms with E-state index in [9.17, 15) is 14.0 Å². The van der Waals surface area contributed by atoms with Crippen molar-refractivity contribution in [2.75, 3.05) is 5.32 Å². The second-order valence-corrected chi connectivity index (χ2v) is 7.88. The fourth-order valence-corrected chi connectivity index (χ4v) is 5.02. The number of hydrogen-bond donors (Lipinski definition) is 2. The molecule has 0 bridgehead atoms. The average Bonchev–Trinajstić information content (AvgIpc) is 3.05. The second-order valence-electron chi connectivity index (χ2n) is 7.88. The summed E-state index contributed by atoms with van der Waals surface area (Å²) in [6.45, 7) is 0. The number of amides is 2. The van der Waals surface area contributed by atoms with Gasteiger partial charge in [0.25, 0.3) is 5.91 Å². The minimum atomic E-state index is -0.560. The van der Waals surface area contributed by atoms with E-state index in [0.717, 1.165) is 18.4 Å². The van der Waals surface area contributed by atoms with Gasteiger partial charge in [0.2, 0.25) is 5.91 Å². The number of benzene rings is 1. The Morgan fingerprint density at radius 2 is 1.84 bits per heavy atom. The van der Waals surface area contributed by atoms with Gasteiger partial charge in [-0.25, -0.2) is 4.39 Å². The molecule has 25 heavy (non-hydrogen) atoms. The minimum Gasteiger partial charge on any atom is -0.349 e. The monoisotopic (exact) mass is 344 g/mol. The van der Waals surface area contributed by atoms with Crippen LogP contribution in [0.4, 0.5) is 10.1 Å². The molecular weight excluding hydrogens is 319 g/mol. The maximum Gasteiger partial charge on any atom is 0.254 e. The molecule has 4 nitrogen and oxygen atoms in total. The highest BCUT2D eigenvalue weighted by molar-refractivity contribution is 5.98. The number of aryl methyl sites for hydroxylation is 1. The molecular formula is C20H25FN2O2. The molecule has 1 unspecified atom stereocenters. The Bertz CT molecular complexity index is 710. The number of nitrogens with one attached hydrogen (secondary N) is 2. The zero-order valence-corrected chi connectivity index (χ0v) is 14.5. The smallest absolute Gasteiger partial charge is 0.254 e. The van der Waals surface area contributed by atoms with Gasteiger partial charge < -0.3 is 10.6 Å². The Kier molecular flexibility index (Phi) is 4.26. The molecule has 4 rings (SSSR count). The quantitative estimate of drug-likeness (QED) is 0.854. The second kappa shape index (κ2) is 6.43. The highest BCUT2D eigenvalue weighted by atomic mass is 19.1. The lowest BCUT2D eigenvalue weighted by Gasteiger charge is -2.42. The fourth-order valence-electron chi connectivity index (χ4n) is 5.02. The maximum atomic E-state index is 14.5. The van der Waals surface area contributed by atoms with E-state index in [1.54, 1.807) is 6.07 Å². The summed E-state index contributed by atoms with van der Waals surface area (Å²) in [6, 6.07) is 3.06. The van der Waals surface area contributed by atoms with E-state index < -0.39 is 5.82 Å². The van der Waals surface area contributed by atoms with Crippen LogP contribution in [0.15, 0.2) is 12.1 Å². The lowest BCUT2D eigenvalue weighted by atomic mass is 9.69. The number of carbonyl (C=O) groups excluding carboxylic acids is 2. The third-order valence-corrected chi connectivity index (χ3v) is 6.39. The molecule has 3 aliphatic rings. The van der Waals surface area contributed by atoms with Crippen molar-refractivity contribution in [3.63, 3.8) is 0 Å². The summed E-state index contributed by atoms with van der Waals surface area (Å²) in [5.74, 6) is -0.973. The van der Waals surface area contributed by atoms with Gasteiger partial charge in [-0.2, -0.15) is 0 Å². The molecule has 1 aromatic carbocycles. The van der Waals surface area contributed by atoms with E-state index in [2.05, 4.69) is 10.6 Å².